The van der Waals surface area contributed by atoms with Crippen LogP contribution in [0.25, 0.3) is 0 Å². The van der Waals surface area contributed by atoms with Crippen LogP contribution in [0.4, 0.5) is 37.7 Å². The zero-order valence-electron chi connectivity index (χ0n) is 15.9. The standard InChI is InChI=1S/C22H17F6NO2/c23-21(24,25)15-6-4-7-16(12-15)29(14-20(30)22(26,27)28)17-8-5-11-19(13-17)31-18-9-2-1-3-10-18/h1-13,20,30H,14H2. The van der Waals surface area contributed by atoms with Crippen LogP contribution < -0.4 is 9.64 Å². The van der Waals surface area contributed by atoms with Crippen molar-refractivity contribution in [2.45, 2.75) is 18.5 Å². The molecule has 0 aliphatic rings. The number of ether oxygens (including phenoxy) is 1. The minimum absolute atomic E-state index is 0.121. The Morgan fingerprint density at radius 1 is 0.742 bits per heavy atom. The number of hydrogen-bond donors (Lipinski definition) is 1. The molecule has 0 fully saturated rings. The third kappa shape index (κ3) is 5.91. The maximum absolute atomic E-state index is 13.1. The Labute approximate surface area is 174 Å². The van der Waals surface area contributed by atoms with Gasteiger partial charge in [-0.25, -0.2) is 0 Å². The van der Waals surface area contributed by atoms with E-state index in [-0.39, 0.29) is 17.1 Å². The van der Waals surface area contributed by atoms with Crippen LogP contribution in [0.2, 0.25) is 0 Å². The van der Waals surface area contributed by atoms with Crippen molar-refractivity contribution in [2.75, 3.05) is 11.4 Å². The molecule has 0 bridgehead atoms. The first-order chi connectivity index (χ1) is 14.5. The van der Waals surface area contributed by atoms with Crippen molar-refractivity contribution in [3.8, 4) is 11.5 Å². The first-order valence-electron chi connectivity index (χ1n) is 9.06. The van der Waals surface area contributed by atoms with Gasteiger partial charge in [0, 0.05) is 17.4 Å². The monoisotopic (exact) mass is 441 g/mol. The molecule has 31 heavy (non-hydrogen) atoms. The fourth-order valence-electron chi connectivity index (χ4n) is 2.83. The molecule has 0 heterocycles. The van der Waals surface area contributed by atoms with E-state index >= 15 is 0 Å². The van der Waals surface area contributed by atoms with Crippen LogP contribution in [-0.2, 0) is 6.18 Å². The molecule has 164 valence electrons. The summed E-state index contributed by atoms with van der Waals surface area (Å²) in [6.07, 6.45) is -12.4. The highest BCUT2D eigenvalue weighted by molar-refractivity contribution is 5.65. The molecule has 0 aliphatic heterocycles. The Kier molecular flexibility index (Phi) is 6.45. The number of aliphatic hydroxyl groups is 1. The molecule has 0 radical (unpaired) electrons. The molecule has 0 spiro atoms. The first kappa shape index (κ1) is 22.5. The molecular weight excluding hydrogens is 424 g/mol. The second-order valence-corrected chi connectivity index (χ2v) is 6.63. The topological polar surface area (TPSA) is 32.7 Å². The van der Waals surface area contributed by atoms with Crippen molar-refractivity contribution in [1.82, 2.24) is 0 Å². The van der Waals surface area contributed by atoms with Crippen molar-refractivity contribution >= 4 is 11.4 Å². The highest BCUT2D eigenvalue weighted by Gasteiger charge is 2.40. The lowest BCUT2D eigenvalue weighted by atomic mass is 10.1. The molecule has 3 nitrogen and oxygen atoms in total. The molecule has 1 atom stereocenters. The summed E-state index contributed by atoms with van der Waals surface area (Å²) in [5, 5.41) is 9.59. The van der Waals surface area contributed by atoms with Gasteiger partial charge in [0.15, 0.2) is 6.10 Å². The van der Waals surface area contributed by atoms with Crippen LogP contribution in [0.1, 0.15) is 5.56 Å². The zero-order chi connectivity index (χ0) is 22.6. The third-order valence-electron chi connectivity index (χ3n) is 4.33. The Morgan fingerprint density at radius 3 is 1.94 bits per heavy atom. The lowest BCUT2D eigenvalue weighted by Crippen LogP contribution is -2.39. The summed E-state index contributed by atoms with van der Waals surface area (Å²) in [6.45, 7) is -1.00. The number of rotatable bonds is 6. The second-order valence-electron chi connectivity index (χ2n) is 6.63. The quantitative estimate of drug-likeness (QED) is 0.440. The molecule has 0 aliphatic carbocycles. The van der Waals surface area contributed by atoms with Gasteiger partial charge in [-0.1, -0.05) is 30.3 Å². The number of halogens is 6. The molecule has 3 aromatic rings. The van der Waals surface area contributed by atoms with Crippen LogP contribution >= 0.6 is 0 Å². The minimum atomic E-state index is -4.95. The van der Waals surface area contributed by atoms with Gasteiger partial charge < -0.3 is 14.7 Å². The summed E-state index contributed by atoms with van der Waals surface area (Å²) in [4.78, 5) is 0.964. The molecule has 1 N–H and O–H groups in total. The van der Waals surface area contributed by atoms with Crippen LogP contribution in [0.5, 0.6) is 11.5 Å². The average Bonchev–Trinajstić information content (AvgIpc) is 2.71. The van der Waals surface area contributed by atoms with E-state index < -0.39 is 30.6 Å². The van der Waals surface area contributed by atoms with Crippen molar-refractivity contribution in [3.63, 3.8) is 0 Å². The molecule has 3 rings (SSSR count). The predicted molar refractivity (Wildman–Crippen MR) is 103 cm³/mol. The summed E-state index contributed by atoms with van der Waals surface area (Å²) in [7, 11) is 0. The lowest BCUT2D eigenvalue weighted by molar-refractivity contribution is -0.199. The van der Waals surface area contributed by atoms with E-state index in [0.29, 0.717) is 5.75 Å². The van der Waals surface area contributed by atoms with E-state index in [1.54, 1.807) is 36.4 Å². The normalized spacial score (nSPS) is 13.0. The van der Waals surface area contributed by atoms with E-state index in [0.717, 1.165) is 23.1 Å². The first-order valence-corrected chi connectivity index (χ1v) is 9.06. The lowest BCUT2D eigenvalue weighted by Gasteiger charge is -2.29. The summed E-state index contributed by atoms with van der Waals surface area (Å²) in [5.41, 5.74) is -1.06. The molecule has 9 heteroatoms. The number of aliphatic hydroxyl groups excluding tert-OH is 1. The van der Waals surface area contributed by atoms with Crippen LogP contribution in [0.15, 0.2) is 78.9 Å². The van der Waals surface area contributed by atoms with Gasteiger partial charge in [0.05, 0.1) is 12.1 Å². The number of para-hydroxylation sites is 1. The molecule has 0 saturated carbocycles. The van der Waals surface area contributed by atoms with Crippen molar-refractivity contribution in [1.29, 1.82) is 0 Å². The minimum Gasteiger partial charge on any atom is -0.457 e. The van der Waals surface area contributed by atoms with Gasteiger partial charge in [-0.2, -0.15) is 26.3 Å². The summed E-state index contributed by atoms with van der Waals surface area (Å²) in [5.74, 6) is 0.739. The van der Waals surface area contributed by atoms with Gasteiger partial charge in [0.1, 0.15) is 11.5 Å². The third-order valence-corrected chi connectivity index (χ3v) is 4.33. The van der Waals surface area contributed by atoms with Crippen LogP contribution in [0, 0.1) is 0 Å². The SMILES string of the molecule is OC(CN(c1cccc(Oc2ccccc2)c1)c1cccc(C(F)(F)F)c1)C(F)(F)F. The summed E-state index contributed by atoms with van der Waals surface area (Å²) >= 11 is 0. The van der Waals surface area contributed by atoms with E-state index in [9.17, 15) is 31.4 Å². The summed E-state index contributed by atoms with van der Waals surface area (Å²) in [6, 6.07) is 18.3. The maximum atomic E-state index is 13.1. The second kappa shape index (κ2) is 8.89. The molecule has 0 aromatic heterocycles. The Hall–Kier alpha value is -3.20. The van der Waals surface area contributed by atoms with E-state index in [1.165, 1.54) is 24.3 Å². The van der Waals surface area contributed by atoms with Crippen molar-refractivity contribution in [2.24, 2.45) is 0 Å². The Bertz CT molecular complexity index is 1000. The fourth-order valence-corrected chi connectivity index (χ4v) is 2.83. The number of alkyl halides is 6. The molecular formula is C22H17F6NO2. The summed E-state index contributed by atoms with van der Waals surface area (Å²) < 4.78 is 84.0. The van der Waals surface area contributed by atoms with Gasteiger partial charge in [-0.3, -0.25) is 0 Å². The van der Waals surface area contributed by atoms with Crippen LogP contribution in [0.3, 0.4) is 0 Å². The van der Waals surface area contributed by atoms with E-state index in [4.69, 9.17) is 4.74 Å². The molecule has 3 aromatic carbocycles. The predicted octanol–water partition coefficient (Wildman–Crippen LogP) is 6.56. The maximum Gasteiger partial charge on any atom is 0.416 e. The Balaban J connectivity index is 2.00. The Morgan fingerprint density at radius 2 is 1.32 bits per heavy atom. The average molecular weight is 441 g/mol. The highest BCUT2D eigenvalue weighted by Crippen LogP contribution is 2.36. The van der Waals surface area contributed by atoms with E-state index in [2.05, 4.69) is 0 Å². The van der Waals surface area contributed by atoms with Crippen LogP contribution in [-0.4, -0.2) is 23.9 Å². The molecule has 0 amide bonds. The number of anilines is 2. The van der Waals surface area contributed by atoms with Gasteiger partial charge in [-0.05, 0) is 42.5 Å². The zero-order valence-corrected chi connectivity index (χ0v) is 15.9. The van der Waals surface area contributed by atoms with Crippen molar-refractivity contribution in [3.05, 3.63) is 84.4 Å². The fraction of sp³-hybridized carbons (Fsp3) is 0.182. The molecule has 1 unspecified atom stereocenters. The van der Waals surface area contributed by atoms with Gasteiger partial charge in [0.25, 0.3) is 0 Å². The number of nitrogens with zero attached hydrogens (tertiary/aromatic N) is 1. The van der Waals surface area contributed by atoms with Crippen molar-refractivity contribution < 1.29 is 36.2 Å². The number of hydrogen-bond acceptors (Lipinski definition) is 3. The van der Waals surface area contributed by atoms with Gasteiger partial charge in [0.2, 0.25) is 0 Å². The van der Waals surface area contributed by atoms with Gasteiger partial charge in [-0.15, -0.1) is 0 Å². The number of benzene rings is 3. The largest absolute Gasteiger partial charge is 0.457 e. The van der Waals surface area contributed by atoms with E-state index in [1.807, 2.05) is 0 Å². The molecule has 0 saturated heterocycles. The van der Waals surface area contributed by atoms with Gasteiger partial charge >= 0.3 is 12.4 Å². The highest BCUT2D eigenvalue weighted by atomic mass is 19.4. The smallest absolute Gasteiger partial charge is 0.416 e.